The average molecular weight is 521 g/mol. The number of aryl methyl sites for hydroxylation is 1. The molecule has 0 unspecified atom stereocenters. The third-order valence-electron chi connectivity index (χ3n) is 6.43. The monoisotopic (exact) mass is 520 g/mol. The van der Waals surface area contributed by atoms with Gasteiger partial charge in [0.25, 0.3) is 5.91 Å². The summed E-state index contributed by atoms with van der Waals surface area (Å²) in [5.74, 6) is -1.95. The lowest BCUT2D eigenvalue weighted by molar-refractivity contribution is -0.192. The third kappa shape index (κ3) is 6.44. The number of amides is 1. The van der Waals surface area contributed by atoms with Crippen molar-refractivity contribution >= 4 is 17.5 Å². The van der Waals surface area contributed by atoms with Gasteiger partial charge in [0.05, 0.1) is 31.2 Å². The van der Waals surface area contributed by atoms with Crippen molar-refractivity contribution in [1.29, 1.82) is 0 Å². The normalized spacial score (nSPS) is 21.0. The Morgan fingerprint density at radius 3 is 2.70 bits per heavy atom. The van der Waals surface area contributed by atoms with E-state index in [9.17, 15) is 18.0 Å². The molecule has 3 atom stereocenters. The number of nitrogens with zero attached hydrogens (tertiary/aromatic N) is 4. The van der Waals surface area contributed by atoms with Crippen molar-refractivity contribution in [3.8, 4) is 0 Å². The number of carboxylic acid groups (broad SMARTS) is 1. The van der Waals surface area contributed by atoms with Gasteiger partial charge in [-0.25, -0.2) is 9.78 Å². The highest BCUT2D eigenvalue weighted by Crippen LogP contribution is 2.36. The number of hydrogen-bond acceptors (Lipinski definition) is 6. The summed E-state index contributed by atoms with van der Waals surface area (Å²) in [4.78, 5) is 32.7. The molecule has 198 valence electrons. The fourth-order valence-electron chi connectivity index (χ4n) is 4.61. The summed E-state index contributed by atoms with van der Waals surface area (Å²) in [7, 11) is 0. The molecular weight excluding hydrogens is 493 g/mol. The minimum atomic E-state index is -5.08. The van der Waals surface area contributed by atoms with Gasteiger partial charge in [0, 0.05) is 37.5 Å². The van der Waals surface area contributed by atoms with Crippen LogP contribution in [0.2, 0.25) is 0 Å². The molecule has 3 aromatic heterocycles. The Kier molecular flexibility index (Phi) is 8.08. The van der Waals surface area contributed by atoms with Crippen molar-refractivity contribution < 1.29 is 37.3 Å². The maximum atomic E-state index is 13.1. The molecule has 0 aromatic carbocycles. The molecule has 1 N–H and O–H groups in total. The molecule has 0 bridgehead atoms. The van der Waals surface area contributed by atoms with Crippen molar-refractivity contribution in [3.63, 3.8) is 0 Å². The number of alkyl halides is 3. The largest absolute Gasteiger partial charge is 0.490 e. The van der Waals surface area contributed by atoms with Crippen LogP contribution in [0.15, 0.2) is 48.8 Å². The molecule has 2 aliphatic rings. The first-order chi connectivity index (χ1) is 17.6. The molecule has 5 rings (SSSR count). The Hall–Kier alpha value is -3.51. The molecule has 0 radical (unpaired) electrons. The summed E-state index contributed by atoms with van der Waals surface area (Å²) in [6.45, 7) is 5.32. The predicted octanol–water partition coefficient (Wildman–Crippen LogP) is 3.36. The molecule has 37 heavy (non-hydrogen) atoms. The van der Waals surface area contributed by atoms with E-state index >= 15 is 0 Å². The molecule has 5 heterocycles. The van der Waals surface area contributed by atoms with E-state index in [1.54, 1.807) is 6.20 Å². The van der Waals surface area contributed by atoms with Gasteiger partial charge in [0.15, 0.2) is 0 Å². The van der Waals surface area contributed by atoms with Crippen molar-refractivity contribution in [2.75, 3.05) is 26.3 Å². The van der Waals surface area contributed by atoms with E-state index in [-0.39, 0.29) is 12.0 Å². The lowest BCUT2D eigenvalue weighted by atomic mass is 9.91. The van der Waals surface area contributed by atoms with Gasteiger partial charge >= 0.3 is 12.1 Å². The maximum Gasteiger partial charge on any atom is 0.490 e. The second-order valence-corrected chi connectivity index (χ2v) is 8.99. The van der Waals surface area contributed by atoms with E-state index in [0.29, 0.717) is 37.3 Å². The van der Waals surface area contributed by atoms with Crippen LogP contribution in [0.4, 0.5) is 13.2 Å². The average Bonchev–Trinajstić information content (AvgIpc) is 3.56. The van der Waals surface area contributed by atoms with Gasteiger partial charge in [-0.15, -0.1) is 0 Å². The summed E-state index contributed by atoms with van der Waals surface area (Å²) in [6.07, 6.45) is -0.481. The summed E-state index contributed by atoms with van der Waals surface area (Å²) >= 11 is 0. The van der Waals surface area contributed by atoms with E-state index < -0.39 is 12.1 Å². The molecule has 2 fully saturated rings. The van der Waals surface area contributed by atoms with Crippen molar-refractivity contribution in [3.05, 3.63) is 65.9 Å². The second kappa shape index (κ2) is 11.3. The Labute approximate surface area is 210 Å². The lowest BCUT2D eigenvalue weighted by Crippen LogP contribution is -2.32. The quantitative estimate of drug-likeness (QED) is 0.497. The van der Waals surface area contributed by atoms with Gasteiger partial charge < -0.3 is 19.5 Å². The number of hydrogen-bond donors (Lipinski definition) is 1. The van der Waals surface area contributed by atoms with Crippen LogP contribution in [-0.2, 0) is 20.9 Å². The fourth-order valence-corrected chi connectivity index (χ4v) is 4.61. The summed E-state index contributed by atoms with van der Waals surface area (Å²) in [6, 6.07) is 11.7. The maximum absolute atomic E-state index is 13.1. The first-order valence-corrected chi connectivity index (χ1v) is 11.8. The molecule has 2 aliphatic heterocycles. The molecular formula is C25H27F3N4O5. The van der Waals surface area contributed by atoms with Crippen molar-refractivity contribution in [1.82, 2.24) is 19.3 Å². The predicted molar refractivity (Wildman–Crippen MR) is 125 cm³/mol. The number of carboxylic acids is 1. The standard InChI is InChI=1S/C23H26N4O3.C2HF3O2/c1-16-5-4-6-18(25-16)15-29-10-8-17-14-30-21-13-26(12-19(17)21)23(28)20-11-24-22-7-2-3-9-27(20)22;3-2(4,5)1(6)7/h2-7,9,11,17,19,21H,8,10,12-15H2,1H3;(H,6,7)/t17-,19-,21-;/m0./s1. The number of likely N-dealkylation sites (tertiary alicyclic amines) is 1. The molecule has 3 aromatic rings. The van der Waals surface area contributed by atoms with Crippen LogP contribution in [-0.4, -0.2) is 74.8 Å². The lowest BCUT2D eigenvalue weighted by Gasteiger charge is -2.19. The van der Waals surface area contributed by atoms with Gasteiger partial charge in [0.2, 0.25) is 0 Å². The number of rotatable bonds is 6. The Morgan fingerprint density at radius 2 is 1.97 bits per heavy atom. The SMILES string of the molecule is Cc1cccc(COCC[C@H]2CO[C@H]3CN(C(=O)c4cnc5ccccn45)C[C@@H]23)n1.O=C(O)C(F)(F)F. The van der Waals surface area contributed by atoms with Crippen LogP contribution in [0.1, 0.15) is 28.3 Å². The van der Waals surface area contributed by atoms with Crippen LogP contribution in [0.5, 0.6) is 0 Å². The highest BCUT2D eigenvalue weighted by Gasteiger charge is 2.45. The number of ether oxygens (including phenoxy) is 2. The zero-order chi connectivity index (χ0) is 26.6. The second-order valence-electron chi connectivity index (χ2n) is 8.99. The topological polar surface area (TPSA) is 106 Å². The highest BCUT2D eigenvalue weighted by atomic mass is 19.4. The van der Waals surface area contributed by atoms with E-state index in [2.05, 4.69) is 9.97 Å². The number of imidazole rings is 1. The Morgan fingerprint density at radius 1 is 1.19 bits per heavy atom. The third-order valence-corrected chi connectivity index (χ3v) is 6.43. The zero-order valence-electron chi connectivity index (χ0n) is 20.1. The first-order valence-electron chi connectivity index (χ1n) is 11.8. The zero-order valence-corrected chi connectivity index (χ0v) is 20.1. The van der Waals surface area contributed by atoms with Crippen LogP contribution in [0, 0.1) is 18.8 Å². The molecule has 0 spiro atoms. The van der Waals surface area contributed by atoms with E-state index in [1.165, 1.54) is 0 Å². The minimum absolute atomic E-state index is 0.0206. The first kappa shape index (κ1) is 26.6. The van der Waals surface area contributed by atoms with Crippen LogP contribution in [0.3, 0.4) is 0 Å². The molecule has 12 heteroatoms. The molecule has 9 nitrogen and oxygen atoms in total. The minimum Gasteiger partial charge on any atom is -0.475 e. The molecule has 1 amide bonds. The van der Waals surface area contributed by atoms with E-state index in [4.69, 9.17) is 19.4 Å². The Bertz CT molecular complexity index is 1250. The summed E-state index contributed by atoms with van der Waals surface area (Å²) < 4.78 is 45.5. The fraction of sp³-hybridized carbons (Fsp3) is 0.440. The number of carbonyl (C=O) groups is 2. The number of carbonyl (C=O) groups excluding carboxylic acids is 1. The highest BCUT2D eigenvalue weighted by molar-refractivity contribution is 5.93. The Balaban J connectivity index is 0.000000405. The van der Waals surface area contributed by atoms with Gasteiger partial charge in [-0.3, -0.25) is 14.2 Å². The number of aromatic nitrogens is 3. The summed E-state index contributed by atoms with van der Waals surface area (Å²) in [5.41, 5.74) is 3.36. The van der Waals surface area contributed by atoms with Gasteiger partial charge in [-0.1, -0.05) is 12.1 Å². The smallest absolute Gasteiger partial charge is 0.475 e. The van der Waals surface area contributed by atoms with Crippen molar-refractivity contribution in [2.45, 2.75) is 32.2 Å². The van der Waals surface area contributed by atoms with E-state index in [1.807, 2.05) is 58.8 Å². The van der Waals surface area contributed by atoms with Gasteiger partial charge in [0.1, 0.15) is 11.3 Å². The van der Waals surface area contributed by atoms with Gasteiger partial charge in [-0.05, 0) is 43.5 Å². The summed E-state index contributed by atoms with van der Waals surface area (Å²) in [5, 5.41) is 7.12. The van der Waals surface area contributed by atoms with Crippen LogP contribution in [0.25, 0.3) is 5.65 Å². The van der Waals surface area contributed by atoms with Crippen LogP contribution < -0.4 is 0 Å². The molecule has 0 aliphatic carbocycles. The number of fused-ring (bicyclic) bond motifs is 2. The van der Waals surface area contributed by atoms with Crippen molar-refractivity contribution in [2.24, 2.45) is 11.8 Å². The van der Waals surface area contributed by atoms with Crippen LogP contribution >= 0.6 is 0 Å². The number of halogens is 3. The molecule has 2 saturated heterocycles. The number of pyridine rings is 2. The van der Waals surface area contributed by atoms with E-state index in [0.717, 1.165) is 36.6 Å². The number of aliphatic carboxylic acids is 1. The molecule has 0 saturated carbocycles. The van der Waals surface area contributed by atoms with Gasteiger partial charge in [-0.2, -0.15) is 13.2 Å².